The lowest BCUT2D eigenvalue weighted by molar-refractivity contribution is -0.130. The molecule has 2 aliphatic rings. The van der Waals surface area contributed by atoms with Crippen LogP contribution in [-0.2, 0) is 11.2 Å². The van der Waals surface area contributed by atoms with Crippen LogP contribution in [0.5, 0.6) is 0 Å². The van der Waals surface area contributed by atoms with Crippen LogP contribution >= 0.6 is 35.6 Å². The van der Waals surface area contributed by atoms with Gasteiger partial charge in [-0.2, -0.15) is 0 Å². The monoisotopic (exact) mass is 438 g/mol. The van der Waals surface area contributed by atoms with Gasteiger partial charge in [-0.1, -0.05) is 35.7 Å². The van der Waals surface area contributed by atoms with E-state index in [2.05, 4.69) is 16.0 Å². The van der Waals surface area contributed by atoms with E-state index in [1.54, 1.807) is 12.4 Å². The normalized spacial score (nSPS) is 22.2. The largest absolute Gasteiger partial charge is 0.340 e. The Kier molecular flexibility index (Phi) is 7.25. The lowest BCUT2D eigenvalue weighted by Crippen LogP contribution is -2.39. The molecule has 0 bridgehead atoms. The fourth-order valence-electron chi connectivity index (χ4n) is 4.63. The third-order valence-electron chi connectivity index (χ3n) is 5.95. The first-order valence-corrected chi connectivity index (χ1v) is 10.6. The van der Waals surface area contributed by atoms with Gasteiger partial charge in [0.1, 0.15) is 0 Å². The van der Waals surface area contributed by atoms with Crippen LogP contribution in [0, 0.1) is 5.92 Å². The number of pyridine rings is 1. The topological polar surface area (TPSA) is 33.2 Å². The summed E-state index contributed by atoms with van der Waals surface area (Å²) in [5.74, 6) is 0.895. The molecule has 1 saturated carbocycles. The van der Waals surface area contributed by atoms with Crippen LogP contribution in [0.15, 0.2) is 36.7 Å². The third kappa shape index (κ3) is 4.48. The van der Waals surface area contributed by atoms with E-state index < -0.39 is 0 Å². The van der Waals surface area contributed by atoms with Crippen molar-refractivity contribution in [2.75, 3.05) is 6.54 Å². The zero-order chi connectivity index (χ0) is 18.8. The second kappa shape index (κ2) is 9.47. The zero-order valence-electron chi connectivity index (χ0n) is 15.7. The number of carbonyl (C=O) groups is 1. The summed E-state index contributed by atoms with van der Waals surface area (Å²) in [6, 6.07) is 8.28. The molecule has 4 rings (SSSR count). The summed E-state index contributed by atoms with van der Waals surface area (Å²) < 4.78 is 0. The standard InChI is InChI=1S/C22H24Cl2N2O.ClH/c23-19-7-6-17(22(24)21(19)16-8-10-25-11-9-16)13-15-3-1-4-18(14-15)26-12-2-5-20(26)27;/h6-11,15,18H,1-5,12-14H2;1H. The van der Waals surface area contributed by atoms with Crippen LogP contribution in [-0.4, -0.2) is 28.4 Å². The third-order valence-corrected chi connectivity index (χ3v) is 6.70. The first-order valence-electron chi connectivity index (χ1n) is 9.80. The maximum absolute atomic E-state index is 12.1. The smallest absolute Gasteiger partial charge is 0.222 e. The van der Waals surface area contributed by atoms with Crippen LogP contribution in [0.25, 0.3) is 11.1 Å². The molecule has 1 aliphatic carbocycles. The Balaban J connectivity index is 0.00000225. The molecule has 6 heteroatoms. The first-order chi connectivity index (χ1) is 13.1. The van der Waals surface area contributed by atoms with Crippen molar-refractivity contribution in [2.24, 2.45) is 5.92 Å². The maximum Gasteiger partial charge on any atom is 0.222 e. The number of nitrogens with zero attached hydrogens (tertiary/aromatic N) is 2. The van der Waals surface area contributed by atoms with Gasteiger partial charge >= 0.3 is 0 Å². The van der Waals surface area contributed by atoms with Gasteiger partial charge in [0.25, 0.3) is 0 Å². The second-order valence-corrected chi connectivity index (χ2v) is 8.50. The number of rotatable bonds is 4. The number of benzene rings is 1. The molecule has 2 fully saturated rings. The highest BCUT2D eigenvalue weighted by atomic mass is 35.5. The molecule has 1 saturated heterocycles. The van der Waals surface area contributed by atoms with Crippen molar-refractivity contribution in [3.8, 4) is 11.1 Å². The Morgan fingerprint density at radius 1 is 1.07 bits per heavy atom. The van der Waals surface area contributed by atoms with Gasteiger partial charge in [0.15, 0.2) is 0 Å². The Morgan fingerprint density at radius 2 is 1.86 bits per heavy atom. The predicted molar refractivity (Wildman–Crippen MR) is 117 cm³/mol. The van der Waals surface area contributed by atoms with E-state index in [0.29, 0.717) is 22.9 Å². The van der Waals surface area contributed by atoms with Gasteiger partial charge in [-0.3, -0.25) is 9.78 Å². The van der Waals surface area contributed by atoms with Crippen molar-refractivity contribution in [2.45, 2.75) is 51.0 Å². The van der Waals surface area contributed by atoms with Gasteiger partial charge in [0.2, 0.25) is 5.91 Å². The number of aromatic nitrogens is 1. The van der Waals surface area contributed by atoms with E-state index >= 15 is 0 Å². The van der Waals surface area contributed by atoms with Crippen molar-refractivity contribution in [1.29, 1.82) is 0 Å². The molecule has 28 heavy (non-hydrogen) atoms. The lowest BCUT2D eigenvalue weighted by atomic mass is 9.81. The molecule has 0 spiro atoms. The summed E-state index contributed by atoms with van der Waals surface area (Å²) >= 11 is 13.2. The molecule has 2 aromatic rings. The second-order valence-electron chi connectivity index (χ2n) is 7.71. The van der Waals surface area contributed by atoms with Crippen molar-refractivity contribution >= 4 is 41.5 Å². The van der Waals surface area contributed by atoms with E-state index in [-0.39, 0.29) is 12.4 Å². The molecule has 0 N–H and O–H groups in total. The minimum absolute atomic E-state index is 0. The highest BCUT2D eigenvalue weighted by molar-refractivity contribution is 6.39. The average Bonchev–Trinajstić information content (AvgIpc) is 3.11. The van der Waals surface area contributed by atoms with Crippen molar-refractivity contribution in [1.82, 2.24) is 9.88 Å². The fraction of sp³-hybridized carbons (Fsp3) is 0.455. The zero-order valence-corrected chi connectivity index (χ0v) is 18.1. The number of amides is 1. The van der Waals surface area contributed by atoms with E-state index in [1.807, 2.05) is 18.2 Å². The minimum atomic E-state index is 0. The molecular weight excluding hydrogens is 415 g/mol. The number of hydrogen-bond acceptors (Lipinski definition) is 2. The van der Waals surface area contributed by atoms with Crippen LogP contribution in [0.2, 0.25) is 10.0 Å². The van der Waals surface area contributed by atoms with Gasteiger partial charge < -0.3 is 4.90 Å². The molecule has 1 aromatic heterocycles. The Labute approximate surface area is 182 Å². The fourth-order valence-corrected chi connectivity index (χ4v) is 5.30. The molecule has 1 aliphatic heterocycles. The molecule has 150 valence electrons. The highest BCUT2D eigenvalue weighted by Gasteiger charge is 2.32. The number of halogens is 3. The quantitative estimate of drug-likeness (QED) is 0.568. The van der Waals surface area contributed by atoms with Gasteiger partial charge in [0.05, 0.1) is 5.02 Å². The molecule has 2 unspecified atom stereocenters. The van der Waals surface area contributed by atoms with E-state index in [1.165, 1.54) is 12.8 Å². The molecule has 3 nitrogen and oxygen atoms in total. The van der Waals surface area contributed by atoms with Crippen LogP contribution < -0.4 is 0 Å². The summed E-state index contributed by atoms with van der Waals surface area (Å²) in [7, 11) is 0. The van der Waals surface area contributed by atoms with Gasteiger partial charge in [0, 0.05) is 42.0 Å². The maximum atomic E-state index is 12.1. The van der Waals surface area contributed by atoms with Gasteiger partial charge in [-0.15, -0.1) is 12.4 Å². The molecule has 2 atom stereocenters. The molecule has 1 amide bonds. The van der Waals surface area contributed by atoms with Gasteiger partial charge in [-0.25, -0.2) is 0 Å². The molecule has 0 radical (unpaired) electrons. The summed E-state index contributed by atoms with van der Waals surface area (Å²) in [6.07, 6.45) is 10.8. The Morgan fingerprint density at radius 3 is 2.57 bits per heavy atom. The van der Waals surface area contributed by atoms with Crippen molar-refractivity contribution in [3.05, 3.63) is 52.3 Å². The Bertz CT molecular complexity index is 828. The van der Waals surface area contributed by atoms with Crippen molar-refractivity contribution in [3.63, 3.8) is 0 Å². The average molecular weight is 440 g/mol. The predicted octanol–water partition coefficient (Wildman–Crippen LogP) is 6.20. The highest BCUT2D eigenvalue weighted by Crippen LogP contribution is 2.39. The summed E-state index contributed by atoms with van der Waals surface area (Å²) in [5.41, 5.74) is 3.03. The summed E-state index contributed by atoms with van der Waals surface area (Å²) in [4.78, 5) is 18.3. The molecule has 2 heterocycles. The van der Waals surface area contributed by atoms with Crippen LogP contribution in [0.4, 0.5) is 0 Å². The summed E-state index contributed by atoms with van der Waals surface area (Å²) in [5, 5.41) is 1.41. The molecular formula is C22H25Cl3N2O. The number of carbonyl (C=O) groups excluding carboxylic acids is 1. The first kappa shape index (κ1) is 21.4. The SMILES string of the molecule is Cl.O=C1CCCN1C1CCCC(Cc2ccc(Cl)c(-c3ccncc3)c2Cl)C1. The Hall–Kier alpha value is -1.29. The molecule has 1 aromatic carbocycles. The van der Waals surface area contributed by atoms with Crippen LogP contribution in [0.3, 0.4) is 0 Å². The minimum Gasteiger partial charge on any atom is -0.340 e. The summed E-state index contributed by atoms with van der Waals surface area (Å²) in [6.45, 7) is 0.935. The van der Waals surface area contributed by atoms with Crippen LogP contribution in [0.1, 0.15) is 44.1 Å². The van der Waals surface area contributed by atoms with E-state index in [4.69, 9.17) is 23.2 Å². The van der Waals surface area contributed by atoms with Gasteiger partial charge in [-0.05, 0) is 67.3 Å². The van der Waals surface area contributed by atoms with Crippen molar-refractivity contribution < 1.29 is 4.79 Å². The van der Waals surface area contributed by atoms with E-state index in [9.17, 15) is 4.79 Å². The van der Waals surface area contributed by atoms with E-state index in [0.717, 1.165) is 60.4 Å². The number of hydrogen-bond donors (Lipinski definition) is 0. The lowest BCUT2D eigenvalue weighted by Gasteiger charge is -2.35. The number of likely N-dealkylation sites (tertiary alicyclic amines) is 1.